The van der Waals surface area contributed by atoms with Gasteiger partial charge < -0.3 is 14.8 Å². The molecule has 0 aliphatic carbocycles. The van der Waals surface area contributed by atoms with Gasteiger partial charge in [0, 0.05) is 27.3 Å². The van der Waals surface area contributed by atoms with E-state index in [4.69, 9.17) is 9.47 Å². The molecular formula is C14H23NO2. The molecule has 0 spiro atoms. The molecule has 0 saturated heterocycles. The van der Waals surface area contributed by atoms with E-state index >= 15 is 0 Å². The van der Waals surface area contributed by atoms with E-state index in [2.05, 4.69) is 38.2 Å². The molecule has 0 saturated carbocycles. The molecule has 3 heteroatoms. The quantitative estimate of drug-likeness (QED) is 0.770. The lowest BCUT2D eigenvalue weighted by molar-refractivity contribution is -0.0989. The molecule has 0 aromatic heterocycles. The number of aryl methyl sites for hydroxylation is 3. The van der Waals surface area contributed by atoms with Gasteiger partial charge in [-0.25, -0.2) is 0 Å². The first kappa shape index (κ1) is 14.2. The van der Waals surface area contributed by atoms with Crippen LogP contribution in [-0.2, 0) is 16.0 Å². The lowest BCUT2D eigenvalue weighted by atomic mass is 10.00. The Kier molecular flexibility index (Phi) is 5.62. The molecular weight excluding hydrogens is 214 g/mol. The standard InChI is InChI=1S/C14H23NO2/c1-10-6-11(2)13(12(3)7-10)8-15-9-14(16-4)17-5/h6-7,14-15H,8-9H2,1-5H3. The van der Waals surface area contributed by atoms with Crippen molar-refractivity contribution in [3.8, 4) is 0 Å². The third-order valence-electron chi connectivity index (χ3n) is 2.98. The molecule has 3 nitrogen and oxygen atoms in total. The zero-order valence-electron chi connectivity index (χ0n) is 11.5. The zero-order chi connectivity index (χ0) is 12.8. The van der Waals surface area contributed by atoms with Gasteiger partial charge in [0.2, 0.25) is 0 Å². The highest BCUT2D eigenvalue weighted by Gasteiger charge is 2.06. The first-order valence-corrected chi connectivity index (χ1v) is 5.91. The molecule has 17 heavy (non-hydrogen) atoms. The van der Waals surface area contributed by atoms with Gasteiger partial charge in [0.15, 0.2) is 6.29 Å². The van der Waals surface area contributed by atoms with E-state index in [-0.39, 0.29) is 6.29 Å². The van der Waals surface area contributed by atoms with Crippen molar-refractivity contribution in [2.45, 2.75) is 33.6 Å². The maximum absolute atomic E-state index is 5.13. The number of methoxy groups -OCH3 is 2. The summed E-state index contributed by atoms with van der Waals surface area (Å²) >= 11 is 0. The summed E-state index contributed by atoms with van der Waals surface area (Å²) in [6, 6.07) is 4.43. The fraction of sp³-hybridized carbons (Fsp3) is 0.571. The van der Waals surface area contributed by atoms with Crippen molar-refractivity contribution in [1.82, 2.24) is 5.32 Å². The van der Waals surface area contributed by atoms with Crippen molar-refractivity contribution in [1.29, 1.82) is 0 Å². The molecule has 0 amide bonds. The summed E-state index contributed by atoms with van der Waals surface area (Å²) in [6.45, 7) is 7.98. The Bertz CT molecular complexity index is 336. The Morgan fingerprint density at radius 1 is 1.06 bits per heavy atom. The summed E-state index contributed by atoms with van der Waals surface area (Å²) in [6.07, 6.45) is -0.180. The largest absolute Gasteiger partial charge is 0.355 e. The van der Waals surface area contributed by atoms with Gasteiger partial charge in [-0.1, -0.05) is 17.7 Å². The van der Waals surface area contributed by atoms with Crippen LogP contribution in [0.1, 0.15) is 22.3 Å². The summed E-state index contributed by atoms with van der Waals surface area (Å²) in [7, 11) is 3.30. The molecule has 0 fully saturated rings. The SMILES string of the molecule is COC(CNCc1c(C)cc(C)cc1C)OC. The fourth-order valence-corrected chi connectivity index (χ4v) is 2.07. The van der Waals surface area contributed by atoms with Gasteiger partial charge in [-0.2, -0.15) is 0 Å². The molecule has 0 radical (unpaired) electrons. The van der Waals surface area contributed by atoms with Crippen molar-refractivity contribution >= 4 is 0 Å². The highest BCUT2D eigenvalue weighted by molar-refractivity contribution is 5.37. The van der Waals surface area contributed by atoms with Gasteiger partial charge in [-0.15, -0.1) is 0 Å². The predicted octanol–water partition coefficient (Wildman–Crippen LogP) is 2.32. The maximum atomic E-state index is 5.13. The fourth-order valence-electron chi connectivity index (χ4n) is 2.07. The van der Waals surface area contributed by atoms with E-state index in [0.717, 1.165) is 6.54 Å². The van der Waals surface area contributed by atoms with Crippen LogP contribution in [0.4, 0.5) is 0 Å². The van der Waals surface area contributed by atoms with E-state index in [1.807, 2.05) is 0 Å². The molecule has 1 N–H and O–H groups in total. The lowest BCUT2D eigenvalue weighted by Gasteiger charge is -2.16. The van der Waals surface area contributed by atoms with Crippen LogP contribution in [0.25, 0.3) is 0 Å². The maximum Gasteiger partial charge on any atom is 0.169 e. The van der Waals surface area contributed by atoms with Crippen LogP contribution in [0.2, 0.25) is 0 Å². The monoisotopic (exact) mass is 237 g/mol. The first-order valence-electron chi connectivity index (χ1n) is 5.91. The number of hydrogen-bond donors (Lipinski definition) is 1. The highest BCUT2D eigenvalue weighted by Crippen LogP contribution is 2.15. The molecule has 0 atom stereocenters. The van der Waals surface area contributed by atoms with Gasteiger partial charge >= 0.3 is 0 Å². The normalized spacial score (nSPS) is 11.2. The molecule has 0 bridgehead atoms. The molecule has 1 aromatic carbocycles. The van der Waals surface area contributed by atoms with Gasteiger partial charge in [0.05, 0.1) is 0 Å². The van der Waals surface area contributed by atoms with Crippen molar-refractivity contribution in [2.24, 2.45) is 0 Å². The number of rotatable bonds is 6. The smallest absolute Gasteiger partial charge is 0.169 e. The second-order valence-corrected chi connectivity index (χ2v) is 4.41. The molecule has 0 aliphatic rings. The summed E-state index contributed by atoms with van der Waals surface area (Å²) in [4.78, 5) is 0. The second kappa shape index (κ2) is 6.74. The summed E-state index contributed by atoms with van der Waals surface area (Å²) in [5, 5.41) is 3.35. The number of nitrogens with one attached hydrogen (secondary N) is 1. The van der Waals surface area contributed by atoms with Crippen molar-refractivity contribution in [2.75, 3.05) is 20.8 Å². The van der Waals surface area contributed by atoms with Crippen molar-refractivity contribution < 1.29 is 9.47 Å². The van der Waals surface area contributed by atoms with Crippen LogP contribution in [0.5, 0.6) is 0 Å². The molecule has 96 valence electrons. The van der Waals surface area contributed by atoms with Crippen LogP contribution in [-0.4, -0.2) is 27.1 Å². The van der Waals surface area contributed by atoms with E-state index in [1.54, 1.807) is 14.2 Å². The molecule has 0 heterocycles. The third kappa shape index (κ3) is 4.11. The Labute approximate surface area is 104 Å². The Morgan fingerprint density at radius 2 is 1.59 bits per heavy atom. The number of ether oxygens (including phenoxy) is 2. The number of hydrogen-bond acceptors (Lipinski definition) is 3. The average molecular weight is 237 g/mol. The minimum absolute atomic E-state index is 0.180. The molecule has 0 unspecified atom stereocenters. The molecule has 0 aliphatic heterocycles. The van der Waals surface area contributed by atoms with Crippen molar-refractivity contribution in [3.63, 3.8) is 0 Å². The minimum atomic E-state index is -0.180. The van der Waals surface area contributed by atoms with Gasteiger partial charge in [0.1, 0.15) is 0 Å². The predicted molar refractivity (Wildman–Crippen MR) is 70.2 cm³/mol. The van der Waals surface area contributed by atoms with E-state index in [0.29, 0.717) is 6.54 Å². The van der Waals surface area contributed by atoms with Gasteiger partial charge in [-0.05, 0) is 37.5 Å². The van der Waals surface area contributed by atoms with Crippen LogP contribution in [0.15, 0.2) is 12.1 Å². The summed E-state index contributed by atoms with van der Waals surface area (Å²) in [5.41, 5.74) is 5.35. The molecule has 1 rings (SSSR count). The third-order valence-corrected chi connectivity index (χ3v) is 2.98. The zero-order valence-corrected chi connectivity index (χ0v) is 11.5. The Balaban J connectivity index is 2.58. The lowest BCUT2D eigenvalue weighted by Crippen LogP contribution is -2.29. The van der Waals surface area contributed by atoms with Crippen molar-refractivity contribution in [3.05, 3.63) is 34.4 Å². The van der Waals surface area contributed by atoms with Gasteiger partial charge in [0.25, 0.3) is 0 Å². The van der Waals surface area contributed by atoms with E-state index in [1.165, 1.54) is 22.3 Å². The van der Waals surface area contributed by atoms with Gasteiger partial charge in [-0.3, -0.25) is 0 Å². The topological polar surface area (TPSA) is 30.5 Å². The average Bonchev–Trinajstić information content (AvgIpc) is 2.27. The number of benzene rings is 1. The summed E-state index contributed by atoms with van der Waals surface area (Å²) in [5.74, 6) is 0. The first-order chi connectivity index (χ1) is 8.08. The summed E-state index contributed by atoms with van der Waals surface area (Å²) < 4.78 is 10.3. The highest BCUT2D eigenvalue weighted by atomic mass is 16.7. The van der Waals surface area contributed by atoms with E-state index < -0.39 is 0 Å². The van der Waals surface area contributed by atoms with E-state index in [9.17, 15) is 0 Å². The minimum Gasteiger partial charge on any atom is -0.355 e. The molecule has 1 aromatic rings. The Morgan fingerprint density at radius 3 is 2.06 bits per heavy atom. The van der Waals surface area contributed by atoms with Crippen LogP contribution < -0.4 is 5.32 Å². The Hall–Kier alpha value is -0.900. The second-order valence-electron chi connectivity index (χ2n) is 4.41. The van der Waals surface area contributed by atoms with Crippen LogP contribution >= 0.6 is 0 Å². The van der Waals surface area contributed by atoms with Crippen LogP contribution in [0.3, 0.4) is 0 Å². The van der Waals surface area contributed by atoms with Crippen LogP contribution in [0, 0.1) is 20.8 Å².